The highest BCUT2D eigenvalue weighted by atomic mass is 79.9. The minimum Gasteiger partial charge on any atom is -0.395 e. The Labute approximate surface area is 193 Å². The zero-order valence-electron chi connectivity index (χ0n) is 17.9. The van der Waals surface area contributed by atoms with Gasteiger partial charge in [-0.05, 0) is 58.6 Å². The number of aliphatic hydroxyl groups is 2. The number of carbonyl (C=O) groups excluding carboxylic acids is 1. The predicted molar refractivity (Wildman–Crippen MR) is 129 cm³/mol. The van der Waals surface area contributed by atoms with Crippen molar-refractivity contribution >= 4 is 57.9 Å². The molecule has 0 saturated heterocycles. The maximum atomic E-state index is 11.7. The highest BCUT2D eigenvalue weighted by Crippen LogP contribution is 2.33. The monoisotopic (exact) mass is 486 g/mol. The van der Waals surface area contributed by atoms with Crippen LogP contribution in [0, 0.1) is 0 Å². The van der Waals surface area contributed by atoms with Crippen molar-refractivity contribution in [2.24, 2.45) is 10.2 Å². The first-order valence-corrected chi connectivity index (χ1v) is 11.1. The molecule has 2 aromatic rings. The highest BCUT2D eigenvalue weighted by molar-refractivity contribution is 9.10. The summed E-state index contributed by atoms with van der Waals surface area (Å²) >= 11 is 3.53. The van der Waals surface area contributed by atoms with E-state index in [2.05, 4.69) is 38.4 Å². The standard InChI is InChI=1S/C22H28BBrN4O3/c1-3-4-5-16-12-18(23)22(19(24)13-16)27-26-20-7-6-17(14-21(20)25-15(2)31)28(8-10-29)9-11-30/h6-7,12-14,29-30H,3-5,8-11H2,1-2H3,(H,25,31). The molecule has 0 atom stereocenters. The fourth-order valence-electron chi connectivity index (χ4n) is 3.12. The van der Waals surface area contributed by atoms with Crippen LogP contribution in [0.2, 0.25) is 0 Å². The van der Waals surface area contributed by atoms with Crippen LogP contribution in [0.3, 0.4) is 0 Å². The first-order valence-electron chi connectivity index (χ1n) is 10.3. The third kappa shape index (κ3) is 7.45. The molecule has 31 heavy (non-hydrogen) atoms. The van der Waals surface area contributed by atoms with E-state index in [0.717, 1.165) is 35.0 Å². The zero-order chi connectivity index (χ0) is 22.8. The zero-order valence-corrected chi connectivity index (χ0v) is 19.5. The number of unbranched alkanes of at least 4 members (excludes halogenated alkanes) is 1. The van der Waals surface area contributed by atoms with Gasteiger partial charge in [0.05, 0.1) is 24.6 Å². The maximum absolute atomic E-state index is 11.7. The molecule has 7 nitrogen and oxygen atoms in total. The lowest BCUT2D eigenvalue weighted by atomic mass is 9.91. The van der Waals surface area contributed by atoms with Crippen LogP contribution in [-0.4, -0.2) is 50.3 Å². The number of nitrogens with zero attached hydrogens (tertiary/aromatic N) is 3. The lowest BCUT2D eigenvalue weighted by molar-refractivity contribution is -0.114. The Morgan fingerprint density at radius 1 is 1.16 bits per heavy atom. The van der Waals surface area contributed by atoms with E-state index in [4.69, 9.17) is 7.85 Å². The Morgan fingerprint density at radius 3 is 2.45 bits per heavy atom. The molecule has 164 valence electrons. The average Bonchev–Trinajstić information content (AvgIpc) is 2.72. The number of nitrogens with one attached hydrogen (secondary N) is 1. The molecule has 0 heterocycles. The van der Waals surface area contributed by atoms with Crippen LogP contribution in [-0.2, 0) is 11.2 Å². The summed E-state index contributed by atoms with van der Waals surface area (Å²) in [5.41, 5.74) is 3.88. The SMILES string of the molecule is [B]c1cc(CCCC)cc(Br)c1N=Nc1ccc(N(CCO)CCO)cc1NC(C)=O. The van der Waals surface area contributed by atoms with Crippen molar-refractivity contribution in [3.63, 3.8) is 0 Å². The minimum atomic E-state index is -0.245. The van der Waals surface area contributed by atoms with Crippen LogP contribution in [0.4, 0.5) is 22.7 Å². The van der Waals surface area contributed by atoms with E-state index in [9.17, 15) is 15.0 Å². The van der Waals surface area contributed by atoms with E-state index in [1.807, 2.05) is 17.0 Å². The van der Waals surface area contributed by atoms with E-state index in [-0.39, 0.29) is 19.1 Å². The van der Waals surface area contributed by atoms with Crippen molar-refractivity contribution in [3.05, 3.63) is 40.4 Å². The normalized spacial score (nSPS) is 11.1. The van der Waals surface area contributed by atoms with Gasteiger partial charge in [0.25, 0.3) is 0 Å². The highest BCUT2D eigenvalue weighted by Gasteiger charge is 2.12. The van der Waals surface area contributed by atoms with Gasteiger partial charge in [0, 0.05) is 30.2 Å². The van der Waals surface area contributed by atoms with E-state index in [1.54, 1.807) is 18.2 Å². The number of aryl methyl sites for hydroxylation is 1. The quantitative estimate of drug-likeness (QED) is 0.332. The Balaban J connectivity index is 2.37. The van der Waals surface area contributed by atoms with Crippen molar-refractivity contribution in [2.45, 2.75) is 33.1 Å². The van der Waals surface area contributed by atoms with Crippen molar-refractivity contribution in [2.75, 3.05) is 36.5 Å². The van der Waals surface area contributed by atoms with Gasteiger partial charge in [0.15, 0.2) is 0 Å². The van der Waals surface area contributed by atoms with Crippen LogP contribution in [0.5, 0.6) is 0 Å². The molecule has 0 saturated carbocycles. The summed E-state index contributed by atoms with van der Waals surface area (Å²) in [7, 11) is 6.20. The molecule has 0 aliphatic heterocycles. The number of carbonyl (C=O) groups is 1. The number of amides is 1. The maximum Gasteiger partial charge on any atom is 0.221 e. The van der Waals surface area contributed by atoms with Crippen LogP contribution in [0.15, 0.2) is 45.0 Å². The number of benzene rings is 2. The summed E-state index contributed by atoms with van der Waals surface area (Å²) in [6.45, 7) is 4.16. The van der Waals surface area contributed by atoms with E-state index in [0.29, 0.717) is 35.6 Å². The molecule has 0 fully saturated rings. The smallest absolute Gasteiger partial charge is 0.221 e. The summed E-state index contributed by atoms with van der Waals surface area (Å²) in [4.78, 5) is 13.5. The molecule has 2 aromatic carbocycles. The lowest BCUT2D eigenvalue weighted by Gasteiger charge is -2.23. The predicted octanol–water partition coefficient (Wildman–Crippen LogP) is 3.75. The van der Waals surface area contributed by atoms with Gasteiger partial charge in [-0.25, -0.2) is 0 Å². The summed E-state index contributed by atoms with van der Waals surface area (Å²) < 4.78 is 0.761. The fraction of sp³-hybridized carbons (Fsp3) is 0.409. The van der Waals surface area contributed by atoms with Crippen molar-refractivity contribution < 1.29 is 15.0 Å². The molecule has 1 amide bonds. The van der Waals surface area contributed by atoms with E-state index in [1.165, 1.54) is 6.92 Å². The van der Waals surface area contributed by atoms with Crippen LogP contribution in [0.1, 0.15) is 32.3 Å². The van der Waals surface area contributed by atoms with Crippen molar-refractivity contribution in [3.8, 4) is 0 Å². The largest absolute Gasteiger partial charge is 0.395 e. The molecule has 0 aromatic heterocycles. The lowest BCUT2D eigenvalue weighted by Crippen LogP contribution is -2.29. The number of aliphatic hydroxyl groups excluding tert-OH is 2. The summed E-state index contributed by atoms with van der Waals surface area (Å²) in [5.74, 6) is -0.245. The van der Waals surface area contributed by atoms with Crippen molar-refractivity contribution in [1.82, 2.24) is 0 Å². The van der Waals surface area contributed by atoms with Gasteiger partial charge in [-0.1, -0.05) is 24.9 Å². The van der Waals surface area contributed by atoms with Gasteiger partial charge >= 0.3 is 0 Å². The first kappa shape index (κ1) is 25.0. The molecule has 0 aliphatic rings. The molecule has 3 N–H and O–H groups in total. The second-order valence-electron chi connectivity index (χ2n) is 7.14. The van der Waals surface area contributed by atoms with Gasteiger partial charge in [0.1, 0.15) is 13.5 Å². The second kappa shape index (κ2) is 12.6. The molecule has 9 heteroatoms. The minimum absolute atomic E-state index is 0.0571. The third-order valence-electron chi connectivity index (χ3n) is 4.63. The molecule has 2 rings (SSSR count). The summed E-state index contributed by atoms with van der Waals surface area (Å²) in [5, 5.41) is 30.0. The molecule has 0 bridgehead atoms. The molecular formula is C22H28BBrN4O3. The Bertz CT molecular complexity index is 895. The number of hydrogen-bond donors (Lipinski definition) is 3. The van der Waals surface area contributed by atoms with Gasteiger partial charge in [-0.3, -0.25) is 4.79 Å². The average molecular weight is 487 g/mol. The molecular weight excluding hydrogens is 459 g/mol. The molecule has 0 aliphatic carbocycles. The van der Waals surface area contributed by atoms with Crippen LogP contribution < -0.4 is 15.7 Å². The van der Waals surface area contributed by atoms with Gasteiger partial charge in [-0.15, -0.1) is 10.2 Å². The van der Waals surface area contributed by atoms with E-state index >= 15 is 0 Å². The van der Waals surface area contributed by atoms with Crippen molar-refractivity contribution in [1.29, 1.82) is 0 Å². The Hall–Kier alpha value is -2.23. The number of rotatable bonds is 11. The molecule has 0 unspecified atom stereocenters. The Kier molecular flexibility index (Phi) is 10.2. The second-order valence-corrected chi connectivity index (χ2v) is 7.99. The fourth-order valence-corrected chi connectivity index (χ4v) is 3.72. The summed E-state index contributed by atoms with van der Waals surface area (Å²) in [6, 6.07) is 9.18. The number of anilines is 2. The Morgan fingerprint density at radius 2 is 1.87 bits per heavy atom. The molecule has 2 radical (unpaired) electrons. The van der Waals surface area contributed by atoms with Crippen LogP contribution in [0.25, 0.3) is 0 Å². The topological polar surface area (TPSA) is 97.5 Å². The number of hydrogen-bond acceptors (Lipinski definition) is 6. The summed E-state index contributed by atoms with van der Waals surface area (Å²) in [6.07, 6.45) is 3.14. The first-order chi connectivity index (χ1) is 14.9. The number of azo groups is 1. The van der Waals surface area contributed by atoms with Gasteiger partial charge in [0.2, 0.25) is 5.91 Å². The van der Waals surface area contributed by atoms with Crippen LogP contribution >= 0.6 is 15.9 Å². The molecule has 0 spiro atoms. The number of halogens is 1. The van der Waals surface area contributed by atoms with Gasteiger partial charge < -0.3 is 20.4 Å². The van der Waals surface area contributed by atoms with Gasteiger partial charge in [-0.2, -0.15) is 0 Å². The van der Waals surface area contributed by atoms with E-state index < -0.39 is 0 Å². The third-order valence-corrected chi connectivity index (χ3v) is 5.23.